The lowest BCUT2D eigenvalue weighted by Gasteiger charge is -2.18. The second kappa shape index (κ2) is 9.83. The normalized spacial score (nSPS) is 12.8. The molecule has 1 atom stereocenters. The van der Waals surface area contributed by atoms with Crippen molar-refractivity contribution in [2.75, 3.05) is 6.61 Å². The second-order valence-corrected chi connectivity index (χ2v) is 6.42. The summed E-state index contributed by atoms with van der Waals surface area (Å²) in [7, 11) is 0. The fourth-order valence-corrected chi connectivity index (χ4v) is 3.18. The standard InChI is InChI=1S/C17H27ClN4O/c1-2-3-4-5-6-7-8-9-14(10-11-23)22-13-21-15-16(18)19-12-20-17(15)22/h12-14,23H,2-11H2,1H3/t14-/m1/s1. The minimum atomic E-state index is 0.166. The van der Waals surface area contributed by atoms with Crippen molar-refractivity contribution in [2.45, 2.75) is 70.8 Å². The number of hydrogen-bond acceptors (Lipinski definition) is 4. The van der Waals surface area contributed by atoms with E-state index in [4.69, 9.17) is 11.6 Å². The maximum Gasteiger partial charge on any atom is 0.165 e. The van der Waals surface area contributed by atoms with E-state index < -0.39 is 0 Å². The number of fused-ring (bicyclic) bond motifs is 1. The first kappa shape index (κ1) is 18.1. The number of aliphatic hydroxyl groups excluding tert-OH is 1. The molecule has 2 aromatic heterocycles. The molecule has 0 aliphatic heterocycles. The van der Waals surface area contributed by atoms with Gasteiger partial charge in [0.15, 0.2) is 10.8 Å². The van der Waals surface area contributed by atoms with Gasteiger partial charge in [-0.05, 0) is 12.8 Å². The molecule has 1 N–H and O–H groups in total. The molecule has 0 aliphatic carbocycles. The number of rotatable bonds is 11. The Hall–Kier alpha value is -1.20. The molecule has 0 amide bonds. The molecule has 23 heavy (non-hydrogen) atoms. The Labute approximate surface area is 143 Å². The van der Waals surface area contributed by atoms with E-state index in [9.17, 15) is 5.11 Å². The predicted molar refractivity (Wildman–Crippen MR) is 93.7 cm³/mol. The number of unbranched alkanes of at least 4 members (excludes halogenated alkanes) is 6. The van der Waals surface area contributed by atoms with Crippen molar-refractivity contribution in [2.24, 2.45) is 0 Å². The summed E-state index contributed by atoms with van der Waals surface area (Å²) >= 11 is 6.06. The molecule has 2 heterocycles. The number of halogens is 1. The first-order chi connectivity index (χ1) is 11.3. The lowest BCUT2D eigenvalue weighted by Crippen LogP contribution is -2.11. The Morgan fingerprint density at radius 2 is 1.78 bits per heavy atom. The van der Waals surface area contributed by atoms with Crippen LogP contribution in [0.1, 0.15) is 70.8 Å². The van der Waals surface area contributed by atoms with Crippen molar-refractivity contribution < 1.29 is 5.11 Å². The molecular weight excluding hydrogens is 312 g/mol. The fourth-order valence-electron chi connectivity index (χ4n) is 3.00. The molecule has 0 aromatic carbocycles. The van der Waals surface area contributed by atoms with Crippen LogP contribution in [0.15, 0.2) is 12.7 Å². The largest absolute Gasteiger partial charge is 0.396 e. The van der Waals surface area contributed by atoms with Crippen molar-refractivity contribution in [1.82, 2.24) is 19.5 Å². The average molecular weight is 339 g/mol. The van der Waals surface area contributed by atoms with E-state index in [0.29, 0.717) is 17.1 Å². The van der Waals surface area contributed by atoms with E-state index in [1.54, 1.807) is 6.33 Å². The van der Waals surface area contributed by atoms with Crippen LogP contribution in [-0.4, -0.2) is 31.2 Å². The molecule has 0 fully saturated rings. The molecule has 2 aromatic rings. The van der Waals surface area contributed by atoms with Crippen LogP contribution in [0.5, 0.6) is 0 Å². The highest BCUT2D eigenvalue weighted by atomic mass is 35.5. The molecule has 2 rings (SSSR count). The number of imidazole rings is 1. The smallest absolute Gasteiger partial charge is 0.165 e. The Morgan fingerprint density at radius 1 is 1.04 bits per heavy atom. The van der Waals surface area contributed by atoms with E-state index in [1.807, 2.05) is 4.57 Å². The van der Waals surface area contributed by atoms with Gasteiger partial charge in [-0.2, -0.15) is 0 Å². The Balaban J connectivity index is 1.91. The summed E-state index contributed by atoms with van der Waals surface area (Å²) in [5.41, 5.74) is 1.39. The van der Waals surface area contributed by atoms with Gasteiger partial charge in [-0.3, -0.25) is 0 Å². The summed E-state index contributed by atoms with van der Waals surface area (Å²) < 4.78 is 2.04. The Kier molecular flexibility index (Phi) is 7.76. The van der Waals surface area contributed by atoms with Crippen molar-refractivity contribution in [3.05, 3.63) is 17.8 Å². The summed E-state index contributed by atoms with van der Waals surface area (Å²) in [6, 6.07) is 0.214. The Bertz CT molecular complexity index is 587. The van der Waals surface area contributed by atoms with Gasteiger partial charge in [0.2, 0.25) is 0 Å². The summed E-state index contributed by atoms with van der Waals surface area (Å²) in [4.78, 5) is 12.6. The molecule has 0 aliphatic rings. The minimum absolute atomic E-state index is 0.166. The fraction of sp³-hybridized carbons (Fsp3) is 0.706. The number of aliphatic hydroxyl groups is 1. The third-order valence-electron chi connectivity index (χ3n) is 4.31. The summed E-state index contributed by atoms with van der Waals surface area (Å²) in [6.45, 7) is 2.41. The molecule has 0 radical (unpaired) electrons. The first-order valence-electron chi connectivity index (χ1n) is 8.71. The van der Waals surface area contributed by atoms with Crippen LogP contribution in [0.3, 0.4) is 0 Å². The lowest BCUT2D eigenvalue weighted by atomic mass is 10.0. The second-order valence-electron chi connectivity index (χ2n) is 6.06. The molecule has 128 valence electrons. The van der Waals surface area contributed by atoms with Crippen LogP contribution in [0.25, 0.3) is 11.2 Å². The number of hydrogen-bond donors (Lipinski definition) is 1. The molecule has 0 saturated heterocycles. The van der Waals surface area contributed by atoms with Gasteiger partial charge in [0.25, 0.3) is 0 Å². The molecule has 0 bridgehead atoms. The van der Waals surface area contributed by atoms with E-state index in [2.05, 4.69) is 21.9 Å². The van der Waals surface area contributed by atoms with Crippen LogP contribution in [0.4, 0.5) is 0 Å². The van der Waals surface area contributed by atoms with Gasteiger partial charge >= 0.3 is 0 Å². The molecule has 0 unspecified atom stereocenters. The molecule has 0 saturated carbocycles. The third kappa shape index (κ3) is 5.15. The van der Waals surface area contributed by atoms with Gasteiger partial charge in [0, 0.05) is 12.6 Å². The zero-order valence-electron chi connectivity index (χ0n) is 13.9. The zero-order chi connectivity index (χ0) is 16.5. The van der Waals surface area contributed by atoms with E-state index >= 15 is 0 Å². The predicted octanol–water partition coefficient (Wildman–Crippen LogP) is 4.54. The van der Waals surface area contributed by atoms with Crippen molar-refractivity contribution >= 4 is 22.8 Å². The van der Waals surface area contributed by atoms with Gasteiger partial charge < -0.3 is 9.67 Å². The molecule has 5 nitrogen and oxygen atoms in total. The van der Waals surface area contributed by atoms with Gasteiger partial charge in [0.05, 0.1) is 6.33 Å². The SMILES string of the molecule is CCCCCCCCC[C@H](CCO)n1cnc2c(Cl)ncnc21. The highest BCUT2D eigenvalue weighted by molar-refractivity contribution is 6.33. The minimum Gasteiger partial charge on any atom is -0.396 e. The van der Waals surface area contributed by atoms with Crippen LogP contribution in [0.2, 0.25) is 5.15 Å². The summed E-state index contributed by atoms with van der Waals surface area (Å²) in [5, 5.41) is 9.75. The monoisotopic (exact) mass is 338 g/mol. The van der Waals surface area contributed by atoms with E-state index in [0.717, 1.165) is 18.5 Å². The van der Waals surface area contributed by atoms with E-state index in [-0.39, 0.29) is 12.6 Å². The van der Waals surface area contributed by atoms with Crippen molar-refractivity contribution in [3.63, 3.8) is 0 Å². The van der Waals surface area contributed by atoms with Gasteiger partial charge in [0.1, 0.15) is 11.8 Å². The zero-order valence-corrected chi connectivity index (χ0v) is 14.7. The third-order valence-corrected chi connectivity index (χ3v) is 4.59. The molecular formula is C17H27ClN4O. The summed E-state index contributed by atoms with van der Waals surface area (Å²) in [5.74, 6) is 0. The number of nitrogens with zero attached hydrogens (tertiary/aromatic N) is 4. The topological polar surface area (TPSA) is 63.8 Å². The first-order valence-corrected chi connectivity index (χ1v) is 9.09. The van der Waals surface area contributed by atoms with Crippen LogP contribution >= 0.6 is 11.6 Å². The Morgan fingerprint density at radius 3 is 2.52 bits per heavy atom. The van der Waals surface area contributed by atoms with E-state index in [1.165, 1.54) is 44.9 Å². The molecule has 6 heteroatoms. The maximum absolute atomic E-state index is 9.37. The van der Waals surface area contributed by atoms with Crippen LogP contribution < -0.4 is 0 Å². The summed E-state index contributed by atoms with van der Waals surface area (Å²) in [6.07, 6.45) is 14.0. The van der Waals surface area contributed by atoms with Gasteiger partial charge in [-0.25, -0.2) is 15.0 Å². The lowest BCUT2D eigenvalue weighted by molar-refractivity contribution is 0.251. The maximum atomic E-state index is 9.37. The van der Waals surface area contributed by atoms with Gasteiger partial charge in [-0.15, -0.1) is 0 Å². The molecule has 0 spiro atoms. The number of aromatic nitrogens is 4. The van der Waals surface area contributed by atoms with Gasteiger partial charge in [-0.1, -0.05) is 63.5 Å². The van der Waals surface area contributed by atoms with Crippen LogP contribution in [0, 0.1) is 0 Å². The highest BCUT2D eigenvalue weighted by Crippen LogP contribution is 2.26. The average Bonchev–Trinajstić information content (AvgIpc) is 2.98. The van der Waals surface area contributed by atoms with Crippen molar-refractivity contribution in [1.29, 1.82) is 0 Å². The van der Waals surface area contributed by atoms with Crippen molar-refractivity contribution in [3.8, 4) is 0 Å². The quantitative estimate of drug-likeness (QED) is 0.482. The highest BCUT2D eigenvalue weighted by Gasteiger charge is 2.16. The van der Waals surface area contributed by atoms with Crippen LogP contribution in [-0.2, 0) is 0 Å².